The maximum absolute atomic E-state index is 12.3. The summed E-state index contributed by atoms with van der Waals surface area (Å²) in [5.74, 6) is -0.677. The second kappa shape index (κ2) is 6.59. The molecule has 0 aliphatic carbocycles. The molecule has 0 N–H and O–H groups in total. The summed E-state index contributed by atoms with van der Waals surface area (Å²) in [6, 6.07) is 1.88. The molecule has 1 saturated heterocycles. The molecule has 2 aromatic rings. The minimum Gasteiger partial charge on any atom is -0.449 e. The molecule has 24 heavy (non-hydrogen) atoms. The van der Waals surface area contributed by atoms with Crippen LogP contribution in [0.25, 0.3) is 11.0 Å². The maximum atomic E-state index is 12.3. The SMILES string of the molecule is CC(OC(=O)c1cnc2c(cnn2C(C)C)c1)C(=O)N1CCCC1. The van der Waals surface area contributed by atoms with E-state index in [-0.39, 0.29) is 11.9 Å². The number of carbonyl (C=O) groups excluding carboxylic acids is 2. The fourth-order valence-corrected chi connectivity index (χ4v) is 2.90. The number of pyridine rings is 1. The molecular weight excluding hydrogens is 308 g/mol. The Morgan fingerprint density at radius 2 is 1.88 bits per heavy atom. The van der Waals surface area contributed by atoms with Crippen LogP contribution in [-0.4, -0.2) is 50.7 Å². The number of carbonyl (C=O) groups is 2. The molecule has 2 aromatic heterocycles. The van der Waals surface area contributed by atoms with Gasteiger partial charge in [-0.05, 0) is 39.7 Å². The lowest BCUT2D eigenvalue weighted by molar-refractivity contribution is -0.138. The fourth-order valence-electron chi connectivity index (χ4n) is 2.90. The van der Waals surface area contributed by atoms with Gasteiger partial charge in [-0.3, -0.25) is 4.79 Å². The van der Waals surface area contributed by atoms with Crippen LogP contribution in [0.1, 0.15) is 50.0 Å². The van der Waals surface area contributed by atoms with Gasteiger partial charge in [-0.2, -0.15) is 5.10 Å². The molecule has 1 aliphatic rings. The summed E-state index contributed by atoms with van der Waals surface area (Å²) >= 11 is 0. The lowest BCUT2D eigenvalue weighted by Gasteiger charge is -2.20. The van der Waals surface area contributed by atoms with Crippen molar-refractivity contribution < 1.29 is 14.3 Å². The molecule has 0 spiro atoms. The van der Waals surface area contributed by atoms with Crippen LogP contribution in [0.2, 0.25) is 0 Å². The monoisotopic (exact) mass is 330 g/mol. The van der Waals surface area contributed by atoms with Gasteiger partial charge in [-0.15, -0.1) is 0 Å². The van der Waals surface area contributed by atoms with Crippen molar-refractivity contribution in [1.29, 1.82) is 0 Å². The van der Waals surface area contributed by atoms with E-state index in [4.69, 9.17) is 4.74 Å². The normalized spacial score (nSPS) is 15.9. The van der Waals surface area contributed by atoms with Crippen molar-refractivity contribution in [3.8, 4) is 0 Å². The van der Waals surface area contributed by atoms with Crippen molar-refractivity contribution in [3.05, 3.63) is 24.0 Å². The zero-order valence-electron chi connectivity index (χ0n) is 14.2. The number of nitrogens with zero attached hydrogens (tertiary/aromatic N) is 4. The van der Waals surface area contributed by atoms with Crippen LogP contribution in [-0.2, 0) is 9.53 Å². The van der Waals surface area contributed by atoms with Crippen molar-refractivity contribution in [1.82, 2.24) is 19.7 Å². The smallest absolute Gasteiger partial charge is 0.340 e. The third kappa shape index (κ3) is 3.11. The summed E-state index contributed by atoms with van der Waals surface area (Å²) < 4.78 is 7.11. The predicted octanol–water partition coefficient (Wildman–Crippen LogP) is 2.18. The van der Waals surface area contributed by atoms with Gasteiger partial charge in [0, 0.05) is 30.7 Å². The molecule has 1 fully saturated rings. The molecular formula is C17H22N4O3. The van der Waals surface area contributed by atoms with Crippen LogP contribution < -0.4 is 0 Å². The van der Waals surface area contributed by atoms with E-state index in [1.807, 2.05) is 13.8 Å². The molecule has 0 radical (unpaired) electrons. The van der Waals surface area contributed by atoms with Crippen molar-refractivity contribution in [2.45, 2.75) is 45.8 Å². The molecule has 3 heterocycles. The van der Waals surface area contributed by atoms with Crippen LogP contribution in [0.3, 0.4) is 0 Å². The molecule has 1 amide bonds. The van der Waals surface area contributed by atoms with Crippen molar-refractivity contribution in [2.24, 2.45) is 0 Å². The number of esters is 1. The molecule has 7 nitrogen and oxygen atoms in total. The number of amides is 1. The zero-order chi connectivity index (χ0) is 17.3. The summed E-state index contributed by atoms with van der Waals surface area (Å²) in [4.78, 5) is 30.6. The molecule has 0 aromatic carbocycles. The highest BCUT2D eigenvalue weighted by molar-refractivity contribution is 5.94. The molecule has 3 rings (SSSR count). The number of likely N-dealkylation sites (tertiary alicyclic amines) is 1. The number of rotatable bonds is 4. The summed E-state index contributed by atoms with van der Waals surface area (Å²) in [6.45, 7) is 7.12. The zero-order valence-corrected chi connectivity index (χ0v) is 14.2. The summed E-state index contributed by atoms with van der Waals surface area (Å²) in [5, 5.41) is 5.05. The highest BCUT2D eigenvalue weighted by Crippen LogP contribution is 2.18. The van der Waals surface area contributed by atoms with E-state index in [0.717, 1.165) is 37.0 Å². The van der Waals surface area contributed by atoms with E-state index in [1.54, 1.807) is 28.8 Å². The van der Waals surface area contributed by atoms with Gasteiger partial charge in [0.2, 0.25) is 0 Å². The summed E-state index contributed by atoms with van der Waals surface area (Å²) in [5.41, 5.74) is 1.05. The van der Waals surface area contributed by atoms with E-state index in [9.17, 15) is 9.59 Å². The Labute approximate surface area is 140 Å². The molecule has 1 unspecified atom stereocenters. The summed E-state index contributed by atoms with van der Waals surface area (Å²) in [7, 11) is 0. The van der Waals surface area contributed by atoms with E-state index in [0.29, 0.717) is 5.56 Å². The minimum atomic E-state index is -0.787. The van der Waals surface area contributed by atoms with Crippen LogP contribution in [0.4, 0.5) is 0 Å². The van der Waals surface area contributed by atoms with Gasteiger partial charge in [0.1, 0.15) is 0 Å². The van der Waals surface area contributed by atoms with Crippen molar-refractivity contribution in [3.63, 3.8) is 0 Å². The topological polar surface area (TPSA) is 77.3 Å². The van der Waals surface area contributed by atoms with Crippen LogP contribution in [0.5, 0.6) is 0 Å². The second-order valence-electron chi connectivity index (χ2n) is 6.40. The van der Waals surface area contributed by atoms with Gasteiger partial charge in [0.05, 0.1) is 11.8 Å². The van der Waals surface area contributed by atoms with Gasteiger partial charge >= 0.3 is 5.97 Å². The van der Waals surface area contributed by atoms with Crippen LogP contribution in [0, 0.1) is 0 Å². The van der Waals surface area contributed by atoms with Gasteiger partial charge in [-0.1, -0.05) is 0 Å². The Hall–Kier alpha value is -2.44. The number of ether oxygens (including phenoxy) is 1. The third-order valence-corrected chi connectivity index (χ3v) is 4.21. The quantitative estimate of drug-likeness (QED) is 0.803. The molecule has 0 bridgehead atoms. The molecule has 1 atom stereocenters. The number of hydrogen-bond acceptors (Lipinski definition) is 5. The van der Waals surface area contributed by atoms with Gasteiger partial charge in [0.25, 0.3) is 5.91 Å². The van der Waals surface area contributed by atoms with Gasteiger partial charge in [-0.25, -0.2) is 14.5 Å². The minimum absolute atomic E-state index is 0.137. The maximum Gasteiger partial charge on any atom is 0.340 e. The largest absolute Gasteiger partial charge is 0.449 e. The molecule has 1 aliphatic heterocycles. The van der Waals surface area contributed by atoms with Crippen LogP contribution in [0.15, 0.2) is 18.5 Å². The number of hydrogen-bond donors (Lipinski definition) is 0. The average molecular weight is 330 g/mol. The Kier molecular flexibility index (Phi) is 4.51. The first-order valence-corrected chi connectivity index (χ1v) is 8.30. The highest BCUT2D eigenvalue weighted by Gasteiger charge is 2.26. The fraction of sp³-hybridized carbons (Fsp3) is 0.529. The van der Waals surface area contributed by atoms with Crippen molar-refractivity contribution >= 4 is 22.9 Å². The van der Waals surface area contributed by atoms with Crippen molar-refractivity contribution in [2.75, 3.05) is 13.1 Å². The Bertz CT molecular complexity index is 762. The Balaban J connectivity index is 1.72. The lowest BCUT2D eigenvalue weighted by atomic mass is 10.2. The standard InChI is InChI=1S/C17H22N4O3/c1-11(2)21-15-13(10-19-21)8-14(9-18-15)17(23)24-12(3)16(22)20-6-4-5-7-20/h8-12H,4-7H2,1-3H3. The Morgan fingerprint density at radius 3 is 2.54 bits per heavy atom. The first-order chi connectivity index (χ1) is 11.5. The summed E-state index contributed by atoms with van der Waals surface area (Å²) in [6.07, 6.45) is 4.38. The highest BCUT2D eigenvalue weighted by atomic mass is 16.5. The second-order valence-corrected chi connectivity index (χ2v) is 6.40. The molecule has 0 saturated carbocycles. The molecule has 7 heteroatoms. The van der Waals surface area contributed by atoms with Gasteiger partial charge < -0.3 is 9.64 Å². The first-order valence-electron chi connectivity index (χ1n) is 8.30. The molecule has 128 valence electrons. The number of fused-ring (bicyclic) bond motifs is 1. The predicted molar refractivity (Wildman–Crippen MR) is 88.6 cm³/mol. The first kappa shape index (κ1) is 16.4. The van der Waals surface area contributed by atoms with Gasteiger partial charge in [0.15, 0.2) is 11.8 Å². The lowest BCUT2D eigenvalue weighted by Crippen LogP contribution is -2.38. The number of aromatic nitrogens is 3. The average Bonchev–Trinajstić information content (AvgIpc) is 3.22. The van der Waals surface area contributed by atoms with Crippen LogP contribution >= 0.6 is 0 Å². The van der Waals surface area contributed by atoms with E-state index in [1.165, 1.54) is 6.20 Å². The van der Waals surface area contributed by atoms with E-state index >= 15 is 0 Å². The van der Waals surface area contributed by atoms with E-state index < -0.39 is 12.1 Å². The van der Waals surface area contributed by atoms with E-state index in [2.05, 4.69) is 10.1 Å². The third-order valence-electron chi connectivity index (χ3n) is 4.21. The Morgan fingerprint density at radius 1 is 1.17 bits per heavy atom.